The molecule has 2 aromatic heterocycles. The molecular weight excluding hydrogens is 412 g/mol. The number of amides is 3. The number of imide groups is 1. The van der Waals surface area contributed by atoms with Crippen molar-refractivity contribution in [3.8, 4) is 5.69 Å². The quantitative estimate of drug-likeness (QED) is 0.676. The Balaban J connectivity index is 1.53. The number of carbonyl (C=O) groups is 3. The highest BCUT2D eigenvalue weighted by Crippen LogP contribution is 2.33. The summed E-state index contributed by atoms with van der Waals surface area (Å²) in [5, 5.41) is -0.387. The number of aryl methyl sites for hydroxylation is 1. The molecule has 162 valence electrons. The average molecular weight is 439 g/mol. The summed E-state index contributed by atoms with van der Waals surface area (Å²) < 4.78 is 2.08. The molecule has 0 N–H and O–H groups in total. The first-order chi connectivity index (χ1) is 15.0. The zero-order valence-electron chi connectivity index (χ0n) is 17.8. The number of thioether (sulfide) groups is 1. The first-order valence-electron chi connectivity index (χ1n) is 10.6. The first-order valence-corrected chi connectivity index (χ1v) is 11.4. The summed E-state index contributed by atoms with van der Waals surface area (Å²) in [6.45, 7) is 5.19. The van der Waals surface area contributed by atoms with Gasteiger partial charge in [0.15, 0.2) is 0 Å². The summed E-state index contributed by atoms with van der Waals surface area (Å²) in [6.07, 6.45) is 9.40. The van der Waals surface area contributed by atoms with Gasteiger partial charge in [-0.1, -0.05) is 12.8 Å². The fourth-order valence-corrected chi connectivity index (χ4v) is 4.99. The lowest BCUT2D eigenvalue weighted by Gasteiger charge is -2.22. The monoisotopic (exact) mass is 438 g/mol. The first kappa shape index (κ1) is 21.4. The molecule has 3 amide bonds. The van der Waals surface area contributed by atoms with E-state index in [9.17, 15) is 14.4 Å². The fraction of sp³-hybridized carbons (Fsp3) is 0.391. The van der Waals surface area contributed by atoms with Crippen molar-refractivity contribution in [2.24, 2.45) is 0 Å². The molecule has 0 aromatic carbocycles. The molecule has 0 saturated carbocycles. The number of carbonyl (C=O) groups excluding carboxylic acids is 3. The number of aromatic nitrogens is 2. The SMILES string of the molecule is Cc1cc(C=C2SC(=O)N(CC(=O)N3CCCCCC3)C2=O)c(C)n1-c1ccncc1. The standard InChI is InChI=1S/C23H26N4O3S/c1-16-13-18(17(2)27(16)19-7-9-24-10-8-19)14-20-22(29)26(23(30)31-20)15-21(28)25-11-5-3-4-6-12-25/h7-10,13-14H,3-6,11-12,15H2,1-2H3. The summed E-state index contributed by atoms with van der Waals surface area (Å²) in [7, 11) is 0. The van der Waals surface area contributed by atoms with Crippen LogP contribution in [0.2, 0.25) is 0 Å². The van der Waals surface area contributed by atoms with Crippen LogP contribution >= 0.6 is 11.8 Å². The van der Waals surface area contributed by atoms with Gasteiger partial charge in [0.05, 0.1) is 4.91 Å². The average Bonchev–Trinajstić information content (AvgIpc) is 3.04. The van der Waals surface area contributed by atoms with Gasteiger partial charge in [-0.15, -0.1) is 0 Å². The Hall–Kier alpha value is -2.87. The molecule has 0 radical (unpaired) electrons. The van der Waals surface area contributed by atoms with Crippen LogP contribution < -0.4 is 0 Å². The van der Waals surface area contributed by atoms with Crippen LogP contribution in [0.1, 0.15) is 42.6 Å². The zero-order chi connectivity index (χ0) is 22.0. The molecule has 2 aliphatic rings. The highest BCUT2D eigenvalue weighted by atomic mass is 32.2. The minimum Gasteiger partial charge on any atom is -0.341 e. The van der Waals surface area contributed by atoms with Crippen molar-refractivity contribution in [3.05, 3.63) is 52.4 Å². The lowest BCUT2D eigenvalue weighted by molar-refractivity contribution is -0.135. The number of nitrogens with zero attached hydrogens (tertiary/aromatic N) is 4. The molecule has 0 spiro atoms. The highest BCUT2D eigenvalue weighted by molar-refractivity contribution is 8.18. The minimum atomic E-state index is -0.396. The second kappa shape index (κ2) is 9.09. The Morgan fingerprint density at radius 1 is 1.10 bits per heavy atom. The van der Waals surface area contributed by atoms with Gasteiger partial charge in [0, 0.05) is 42.6 Å². The summed E-state index contributed by atoms with van der Waals surface area (Å²) in [6, 6.07) is 5.84. The van der Waals surface area contributed by atoms with E-state index in [4.69, 9.17) is 0 Å². The zero-order valence-corrected chi connectivity index (χ0v) is 18.7. The van der Waals surface area contributed by atoms with Gasteiger partial charge >= 0.3 is 0 Å². The van der Waals surface area contributed by atoms with Crippen molar-refractivity contribution in [2.45, 2.75) is 39.5 Å². The molecule has 2 fully saturated rings. The second-order valence-electron chi connectivity index (χ2n) is 7.93. The van der Waals surface area contributed by atoms with Crippen LogP contribution in [0, 0.1) is 13.8 Å². The van der Waals surface area contributed by atoms with E-state index in [1.54, 1.807) is 23.4 Å². The molecule has 0 aliphatic carbocycles. The fourth-order valence-electron chi connectivity index (χ4n) is 4.16. The molecule has 0 atom stereocenters. The van der Waals surface area contributed by atoms with Crippen molar-refractivity contribution in [1.82, 2.24) is 19.4 Å². The Morgan fingerprint density at radius 3 is 2.45 bits per heavy atom. The van der Waals surface area contributed by atoms with Crippen LogP contribution in [0.5, 0.6) is 0 Å². The van der Waals surface area contributed by atoms with Crippen LogP contribution in [-0.4, -0.2) is 56.0 Å². The van der Waals surface area contributed by atoms with Gasteiger partial charge in [0.2, 0.25) is 5.91 Å². The highest BCUT2D eigenvalue weighted by Gasteiger charge is 2.37. The van der Waals surface area contributed by atoms with Crippen LogP contribution in [-0.2, 0) is 9.59 Å². The van der Waals surface area contributed by atoms with Crippen LogP contribution in [0.4, 0.5) is 4.79 Å². The van der Waals surface area contributed by atoms with Crippen LogP contribution in [0.25, 0.3) is 11.8 Å². The number of rotatable bonds is 4. The molecule has 0 unspecified atom stereocenters. The van der Waals surface area contributed by atoms with E-state index in [1.165, 1.54) is 0 Å². The largest absolute Gasteiger partial charge is 0.341 e. The Bertz CT molecular complexity index is 1040. The molecule has 7 nitrogen and oxygen atoms in total. The van der Waals surface area contributed by atoms with E-state index in [1.807, 2.05) is 32.0 Å². The van der Waals surface area contributed by atoms with Gasteiger partial charge in [0.1, 0.15) is 6.54 Å². The Morgan fingerprint density at radius 2 is 1.77 bits per heavy atom. The number of hydrogen-bond acceptors (Lipinski definition) is 5. The molecule has 2 aliphatic heterocycles. The lowest BCUT2D eigenvalue weighted by Crippen LogP contribution is -2.42. The predicted molar refractivity (Wildman–Crippen MR) is 121 cm³/mol. The topological polar surface area (TPSA) is 75.5 Å². The van der Waals surface area contributed by atoms with Crippen molar-refractivity contribution < 1.29 is 14.4 Å². The molecule has 8 heteroatoms. The van der Waals surface area contributed by atoms with Gasteiger partial charge in [-0.05, 0) is 68.3 Å². The molecule has 31 heavy (non-hydrogen) atoms. The van der Waals surface area contributed by atoms with E-state index < -0.39 is 5.91 Å². The normalized spacial score (nSPS) is 18.7. The maximum atomic E-state index is 12.9. The van der Waals surface area contributed by atoms with E-state index >= 15 is 0 Å². The van der Waals surface area contributed by atoms with Crippen LogP contribution in [0.3, 0.4) is 0 Å². The molecule has 0 bridgehead atoms. The third-order valence-corrected chi connectivity index (χ3v) is 6.71. The predicted octanol–water partition coefficient (Wildman–Crippen LogP) is 3.93. The van der Waals surface area contributed by atoms with Gasteiger partial charge in [-0.25, -0.2) is 0 Å². The second-order valence-corrected chi connectivity index (χ2v) is 8.92. The molecule has 4 rings (SSSR count). The third-order valence-electron chi connectivity index (χ3n) is 5.80. The Kier molecular flexibility index (Phi) is 6.27. The lowest BCUT2D eigenvalue weighted by atomic mass is 10.2. The molecule has 2 saturated heterocycles. The van der Waals surface area contributed by atoms with E-state index in [-0.39, 0.29) is 17.7 Å². The summed E-state index contributed by atoms with van der Waals surface area (Å²) in [5.74, 6) is -0.548. The van der Waals surface area contributed by atoms with Crippen molar-refractivity contribution >= 4 is 34.9 Å². The van der Waals surface area contributed by atoms with Crippen molar-refractivity contribution in [1.29, 1.82) is 0 Å². The van der Waals surface area contributed by atoms with Gasteiger partial charge < -0.3 is 9.47 Å². The third kappa shape index (κ3) is 4.44. The molecule has 2 aromatic rings. The van der Waals surface area contributed by atoms with Crippen LogP contribution in [0.15, 0.2) is 35.5 Å². The number of likely N-dealkylation sites (tertiary alicyclic amines) is 1. The van der Waals surface area contributed by atoms with Gasteiger partial charge in [-0.3, -0.25) is 24.3 Å². The smallest absolute Gasteiger partial charge is 0.294 e. The van der Waals surface area contributed by atoms with Gasteiger partial charge in [-0.2, -0.15) is 0 Å². The summed E-state index contributed by atoms with van der Waals surface area (Å²) in [4.78, 5) is 45.3. The maximum Gasteiger partial charge on any atom is 0.294 e. The van der Waals surface area contributed by atoms with Gasteiger partial charge in [0.25, 0.3) is 11.1 Å². The van der Waals surface area contributed by atoms with E-state index in [0.29, 0.717) is 18.0 Å². The van der Waals surface area contributed by atoms with Crippen molar-refractivity contribution in [3.63, 3.8) is 0 Å². The Labute approximate surface area is 186 Å². The summed E-state index contributed by atoms with van der Waals surface area (Å²) >= 11 is 0.898. The maximum absolute atomic E-state index is 12.9. The van der Waals surface area contributed by atoms with E-state index in [2.05, 4.69) is 9.55 Å². The minimum absolute atomic E-state index is 0.152. The summed E-state index contributed by atoms with van der Waals surface area (Å²) in [5.41, 5.74) is 3.85. The van der Waals surface area contributed by atoms with E-state index in [0.717, 1.165) is 65.0 Å². The molecule has 4 heterocycles. The number of pyridine rings is 1. The van der Waals surface area contributed by atoms with Crippen molar-refractivity contribution in [2.75, 3.05) is 19.6 Å². The molecular formula is C23H26N4O3S. The number of hydrogen-bond donors (Lipinski definition) is 0.